The summed E-state index contributed by atoms with van der Waals surface area (Å²) >= 11 is 6.08. The molecule has 0 aromatic heterocycles. The van der Waals surface area contributed by atoms with E-state index in [9.17, 15) is 4.79 Å². The highest BCUT2D eigenvalue weighted by molar-refractivity contribution is 6.30. The Balaban J connectivity index is 1.70. The molecular weight excluding hydrogens is 354 g/mol. The largest absolute Gasteiger partial charge is 0.497 e. The quantitative estimate of drug-likeness (QED) is 0.723. The van der Waals surface area contributed by atoms with Crippen LogP contribution in [0.4, 0.5) is 0 Å². The predicted molar refractivity (Wildman–Crippen MR) is 100 cm³/mol. The van der Waals surface area contributed by atoms with Crippen molar-refractivity contribution < 1.29 is 14.3 Å². The van der Waals surface area contributed by atoms with Gasteiger partial charge in [-0.15, -0.1) is 0 Å². The number of carbonyl (C=O) groups is 1. The first-order chi connectivity index (χ1) is 12.6. The van der Waals surface area contributed by atoms with E-state index in [4.69, 9.17) is 21.1 Å². The fourth-order valence-electron chi connectivity index (χ4n) is 3.09. The number of hydrogen-bond acceptors (Lipinski definition) is 5. The highest BCUT2D eigenvalue weighted by Gasteiger charge is 2.33. The van der Waals surface area contributed by atoms with E-state index in [2.05, 4.69) is 16.2 Å². The molecule has 3 N–H and O–H groups in total. The molecule has 3 rings (SSSR count). The van der Waals surface area contributed by atoms with E-state index in [-0.39, 0.29) is 17.9 Å². The number of benzene rings is 2. The Hall–Kier alpha value is -2.28. The van der Waals surface area contributed by atoms with Crippen LogP contribution in [-0.2, 0) is 11.3 Å². The van der Waals surface area contributed by atoms with Crippen molar-refractivity contribution in [3.8, 4) is 11.5 Å². The molecule has 2 atom stereocenters. The van der Waals surface area contributed by atoms with E-state index in [1.807, 2.05) is 42.5 Å². The fourth-order valence-corrected chi connectivity index (χ4v) is 3.29. The number of amides is 1. The molecule has 7 heteroatoms. The normalized spacial score (nSPS) is 19.2. The van der Waals surface area contributed by atoms with Crippen LogP contribution in [0.5, 0.6) is 11.5 Å². The van der Waals surface area contributed by atoms with Gasteiger partial charge in [0.05, 0.1) is 26.2 Å². The Labute approximate surface area is 157 Å². The van der Waals surface area contributed by atoms with E-state index in [1.54, 1.807) is 14.2 Å². The average Bonchev–Trinajstić information content (AvgIpc) is 3.15. The molecule has 1 aliphatic heterocycles. The SMILES string of the molecule is COc1ccc(OC)c(CNC(=O)C2CNNC2c2cccc(Cl)c2)c1. The molecule has 26 heavy (non-hydrogen) atoms. The van der Waals surface area contributed by atoms with Gasteiger partial charge in [-0.3, -0.25) is 10.2 Å². The summed E-state index contributed by atoms with van der Waals surface area (Å²) in [4.78, 5) is 12.7. The van der Waals surface area contributed by atoms with Gasteiger partial charge in [-0.1, -0.05) is 23.7 Å². The molecule has 0 bridgehead atoms. The first kappa shape index (κ1) is 18.5. The van der Waals surface area contributed by atoms with E-state index in [0.29, 0.717) is 23.9 Å². The minimum atomic E-state index is -0.245. The maximum atomic E-state index is 12.7. The smallest absolute Gasteiger partial charge is 0.226 e. The van der Waals surface area contributed by atoms with Gasteiger partial charge in [0, 0.05) is 23.7 Å². The maximum absolute atomic E-state index is 12.7. The first-order valence-electron chi connectivity index (χ1n) is 8.35. The van der Waals surface area contributed by atoms with Gasteiger partial charge in [0.15, 0.2) is 0 Å². The number of carbonyl (C=O) groups excluding carboxylic acids is 1. The summed E-state index contributed by atoms with van der Waals surface area (Å²) < 4.78 is 10.6. The number of hydrazine groups is 1. The molecule has 1 aliphatic rings. The van der Waals surface area contributed by atoms with Crippen LogP contribution in [0.15, 0.2) is 42.5 Å². The predicted octanol–water partition coefficient (Wildman–Crippen LogP) is 2.44. The second kappa shape index (κ2) is 8.40. The van der Waals surface area contributed by atoms with Gasteiger partial charge in [-0.25, -0.2) is 5.43 Å². The van der Waals surface area contributed by atoms with Crippen LogP contribution >= 0.6 is 11.6 Å². The molecule has 1 saturated heterocycles. The molecule has 2 unspecified atom stereocenters. The summed E-state index contributed by atoms with van der Waals surface area (Å²) in [5.41, 5.74) is 8.05. The van der Waals surface area contributed by atoms with Crippen molar-refractivity contribution >= 4 is 17.5 Å². The van der Waals surface area contributed by atoms with Gasteiger partial charge >= 0.3 is 0 Å². The van der Waals surface area contributed by atoms with Crippen molar-refractivity contribution in [1.29, 1.82) is 0 Å². The third-order valence-corrected chi connectivity index (χ3v) is 4.70. The summed E-state index contributed by atoms with van der Waals surface area (Å²) in [6.45, 7) is 0.899. The van der Waals surface area contributed by atoms with Crippen LogP contribution in [0.1, 0.15) is 17.2 Å². The zero-order valence-corrected chi connectivity index (χ0v) is 15.5. The molecule has 0 aliphatic carbocycles. The standard InChI is InChI=1S/C19H22ClN3O3/c1-25-15-6-7-17(26-2)13(9-15)10-21-19(24)16-11-22-23-18(16)12-4-3-5-14(20)8-12/h3-9,16,18,22-23H,10-11H2,1-2H3,(H,21,24). The number of rotatable bonds is 6. The molecule has 2 aromatic carbocycles. The van der Waals surface area contributed by atoms with Crippen molar-refractivity contribution in [3.05, 3.63) is 58.6 Å². The molecule has 138 valence electrons. The van der Waals surface area contributed by atoms with E-state index < -0.39 is 0 Å². The molecule has 6 nitrogen and oxygen atoms in total. The highest BCUT2D eigenvalue weighted by Crippen LogP contribution is 2.28. The van der Waals surface area contributed by atoms with Gasteiger partial charge in [-0.2, -0.15) is 0 Å². The Bertz CT molecular complexity index is 784. The number of methoxy groups -OCH3 is 2. The van der Waals surface area contributed by atoms with Gasteiger partial charge < -0.3 is 14.8 Å². The summed E-state index contributed by atoms with van der Waals surface area (Å²) in [6, 6.07) is 12.9. The van der Waals surface area contributed by atoms with Crippen molar-refractivity contribution in [2.45, 2.75) is 12.6 Å². The summed E-state index contributed by atoms with van der Waals surface area (Å²) in [6.07, 6.45) is 0. The summed E-state index contributed by atoms with van der Waals surface area (Å²) in [7, 11) is 3.21. The average molecular weight is 376 g/mol. The van der Waals surface area contributed by atoms with Gasteiger partial charge in [-0.05, 0) is 35.9 Å². The molecule has 0 spiro atoms. The van der Waals surface area contributed by atoms with Crippen molar-refractivity contribution in [1.82, 2.24) is 16.2 Å². The zero-order chi connectivity index (χ0) is 18.5. The highest BCUT2D eigenvalue weighted by atomic mass is 35.5. The monoisotopic (exact) mass is 375 g/mol. The number of halogens is 1. The summed E-state index contributed by atoms with van der Waals surface area (Å²) in [5, 5.41) is 3.64. The fraction of sp³-hybridized carbons (Fsp3) is 0.316. The van der Waals surface area contributed by atoms with Gasteiger partial charge in [0.25, 0.3) is 0 Å². The first-order valence-corrected chi connectivity index (χ1v) is 8.72. The van der Waals surface area contributed by atoms with Gasteiger partial charge in [0.2, 0.25) is 5.91 Å². The minimum Gasteiger partial charge on any atom is -0.497 e. The Morgan fingerprint density at radius 3 is 2.81 bits per heavy atom. The lowest BCUT2D eigenvalue weighted by atomic mass is 9.94. The lowest BCUT2D eigenvalue weighted by molar-refractivity contribution is -0.125. The third kappa shape index (κ3) is 4.09. The number of hydrogen-bond donors (Lipinski definition) is 3. The molecule has 1 amide bonds. The minimum absolute atomic E-state index is 0.0441. The topological polar surface area (TPSA) is 71.6 Å². The molecule has 1 heterocycles. The second-order valence-corrected chi connectivity index (χ2v) is 6.50. The number of nitrogens with one attached hydrogen (secondary N) is 3. The molecule has 0 radical (unpaired) electrons. The van der Waals surface area contributed by atoms with Crippen LogP contribution in [0, 0.1) is 5.92 Å². The lowest BCUT2D eigenvalue weighted by Gasteiger charge is -2.19. The second-order valence-electron chi connectivity index (χ2n) is 6.06. The summed E-state index contributed by atoms with van der Waals surface area (Å²) in [5.74, 6) is 1.14. The third-order valence-electron chi connectivity index (χ3n) is 4.47. The van der Waals surface area contributed by atoms with Crippen LogP contribution in [-0.4, -0.2) is 26.7 Å². The van der Waals surface area contributed by atoms with E-state index in [0.717, 1.165) is 16.9 Å². The zero-order valence-electron chi connectivity index (χ0n) is 14.7. The lowest BCUT2D eigenvalue weighted by Crippen LogP contribution is -2.34. The van der Waals surface area contributed by atoms with Crippen molar-refractivity contribution in [2.24, 2.45) is 5.92 Å². The van der Waals surface area contributed by atoms with Crippen molar-refractivity contribution in [2.75, 3.05) is 20.8 Å². The van der Waals surface area contributed by atoms with Crippen molar-refractivity contribution in [3.63, 3.8) is 0 Å². The molecule has 0 saturated carbocycles. The number of ether oxygens (including phenoxy) is 2. The molecular formula is C19H22ClN3O3. The maximum Gasteiger partial charge on any atom is 0.226 e. The van der Waals surface area contributed by atoms with Crippen LogP contribution in [0.3, 0.4) is 0 Å². The Morgan fingerprint density at radius 1 is 1.23 bits per heavy atom. The van der Waals surface area contributed by atoms with E-state index in [1.165, 1.54) is 0 Å². The Kier molecular flexibility index (Phi) is 5.98. The molecule has 1 fully saturated rings. The van der Waals surface area contributed by atoms with Gasteiger partial charge in [0.1, 0.15) is 11.5 Å². The van der Waals surface area contributed by atoms with E-state index >= 15 is 0 Å². The van der Waals surface area contributed by atoms with Crippen LogP contribution in [0.25, 0.3) is 0 Å². The van der Waals surface area contributed by atoms with Crippen LogP contribution in [0.2, 0.25) is 5.02 Å². The molecule has 2 aromatic rings. The van der Waals surface area contributed by atoms with Crippen LogP contribution < -0.4 is 25.6 Å². The Morgan fingerprint density at radius 2 is 2.08 bits per heavy atom.